The highest BCUT2D eigenvalue weighted by Gasteiger charge is 2.44. The van der Waals surface area contributed by atoms with E-state index in [1.54, 1.807) is 0 Å². The van der Waals surface area contributed by atoms with Crippen LogP contribution in [0.1, 0.15) is 18.4 Å². The van der Waals surface area contributed by atoms with Gasteiger partial charge in [0, 0.05) is 0 Å². The van der Waals surface area contributed by atoms with E-state index in [-0.39, 0.29) is 0 Å². The molecule has 1 aliphatic rings. The smallest absolute Gasteiger partial charge is 0.00648 e. The Morgan fingerprint density at radius 3 is 2.42 bits per heavy atom. The first-order valence-corrected chi connectivity index (χ1v) is 4.52. The van der Waals surface area contributed by atoms with Crippen molar-refractivity contribution >= 4 is 0 Å². The van der Waals surface area contributed by atoms with Gasteiger partial charge in [0.2, 0.25) is 0 Å². The van der Waals surface area contributed by atoms with Crippen LogP contribution in [-0.2, 0) is 0 Å². The Hall–Kier alpha value is -1.04. The summed E-state index contributed by atoms with van der Waals surface area (Å²) in [6.45, 7) is 6.14. The Labute approximate surface area is 73.9 Å². The second kappa shape index (κ2) is 2.78. The van der Waals surface area contributed by atoms with Crippen LogP contribution in [0.15, 0.2) is 43.0 Å². The maximum atomic E-state index is 3.85. The first kappa shape index (κ1) is 7.60. The molecule has 0 heterocycles. The maximum absolute atomic E-state index is 3.85. The molecular weight excluding hydrogens is 144 g/mol. The van der Waals surface area contributed by atoms with E-state index in [0.29, 0.717) is 5.92 Å². The van der Waals surface area contributed by atoms with Crippen LogP contribution in [0.25, 0.3) is 0 Å². The second-order valence-electron chi connectivity index (χ2n) is 3.61. The van der Waals surface area contributed by atoms with E-state index in [9.17, 15) is 0 Å². The van der Waals surface area contributed by atoms with Gasteiger partial charge in [-0.15, -0.1) is 6.58 Å². The monoisotopic (exact) mass is 158 g/mol. The second-order valence-corrected chi connectivity index (χ2v) is 3.61. The number of hydrogen-bond acceptors (Lipinski definition) is 0. The fraction of sp³-hybridized carbons (Fsp3) is 0.333. The largest absolute Gasteiger partial charge is 0.103 e. The van der Waals surface area contributed by atoms with Gasteiger partial charge in [0.05, 0.1) is 0 Å². The number of benzene rings is 1. The van der Waals surface area contributed by atoms with Crippen molar-refractivity contribution in [1.29, 1.82) is 0 Å². The van der Waals surface area contributed by atoms with Crippen LogP contribution in [0.3, 0.4) is 0 Å². The maximum Gasteiger partial charge on any atom is -0.00648 e. The number of rotatable bonds is 2. The molecule has 62 valence electrons. The number of allylic oxidation sites excluding steroid dienone is 1. The quantitative estimate of drug-likeness (QED) is 0.580. The van der Waals surface area contributed by atoms with Crippen molar-refractivity contribution in [2.45, 2.75) is 12.8 Å². The Morgan fingerprint density at radius 1 is 1.25 bits per heavy atom. The van der Waals surface area contributed by atoms with E-state index in [2.05, 4.69) is 49.9 Å². The number of hydrogen-bond donors (Lipinski definition) is 0. The van der Waals surface area contributed by atoms with Crippen LogP contribution in [0.2, 0.25) is 0 Å². The van der Waals surface area contributed by atoms with Gasteiger partial charge in [0.25, 0.3) is 0 Å². The van der Waals surface area contributed by atoms with E-state index in [1.165, 1.54) is 5.56 Å². The lowest BCUT2D eigenvalue weighted by atomic mass is 10.1. The molecule has 1 saturated carbocycles. The minimum absolute atomic E-state index is 0.715. The molecule has 1 fully saturated rings. The van der Waals surface area contributed by atoms with E-state index in [1.807, 2.05) is 0 Å². The van der Waals surface area contributed by atoms with Crippen molar-refractivity contribution in [1.82, 2.24) is 0 Å². The molecule has 0 aliphatic heterocycles. The molecule has 3 atom stereocenters. The normalized spacial score (nSPS) is 32.9. The van der Waals surface area contributed by atoms with Gasteiger partial charge < -0.3 is 0 Å². The van der Waals surface area contributed by atoms with Crippen LogP contribution in [0.5, 0.6) is 0 Å². The van der Waals surface area contributed by atoms with Crippen LogP contribution < -0.4 is 0 Å². The molecule has 0 heteroatoms. The standard InChI is InChI=1S/C12H14/c1-3-11-9(2)12(11)10-7-5-4-6-8-10/h3-9,11-12H,1H2,2H3. The van der Waals surface area contributed by atoms with Crippen molar-refractivity contribution in [2.75, 3.05) is 0 Å². The molecule has 1 aromatic carbocycles. The zero-order valence-electron chi connectivity index (χ0n) is 7.40. The molecule has 0 aromatic heterocycles. The Kier molecular flexibility index (Phi) is 1.76. The topological polar surface area (TPSA) is 0 Å². The molecule has 0 N–H and O–H groups in total. The van der Waals surface area contributed by atoms with Crippen LogP contribution in [0.4, 0.5) is 0 Å². The molecule has 1 aliphatic carbocycles. The van der Waals surface area contributed by atoms with Crippen molar-refractivity contribution in [3.63, 3.8) is 0 Å². The molecule has 0 amide bonds. The minimum atomic E-state index is 0.715. The molecule has 0 nitrogen and oxygen atoms in total. The van der Waals surface area contributed by atoms with Gasteiger partial charge in [0.15, 0.2) is 0 Å². The Morgan fingerprint density at radius 2 is 1.92 bits per heavy atom. The fourth-order valence-electron chi connectivity index (χ4n) is 2.06. The summed E-state index contributed by atoms with van der Waals surface area (Å²) in [5, 5.41) is 0. The fourth-order valence-corrected chi connectivity index (χ4v) is 2.06. The van der Waals surface area contributed by atoms with Gasteiger partial charge in [-0.05, 0) is 23.3 Å². The highest BCUT2D eigenvalue weighted by molar-refractivity contribution is 5.29. The molecular formula is C12H14. The minimum Gasteiger partial charge on any atom is -0.103 e. The lowest BCUT2D eigenvalue weighted by Gasteiger charge is -1.95. The average Bonchev–Trinajstić information content (AvgIpc) is 2.78. The Bertz CT molecular complexity index is 273. The van der Waals surface area contributed by atoms with Crippen molar-refractivity contribution in [2.24, 2.45) is 11.8 Å². The SMILES string of the molecule is C=CC1C(C)C1c1ccccc1. The average molecular weight is 158 g/mol. The van der Waals surface area contributed by atoms with Gasteiger partial charge >= 0.3 is 0 Å². The summed E-state index contributed by atoms with van der Waals surface area (Å²) < 4.78 is 0. The first-order chi connectivity index (χ1) is 5.84. The molecule has 0 bridgehead atoms. The van der Waals surface area contributed by atoms with Gasteiger partial charge in [-0.25, -0.2) is 0 Å². The molecule has 1 aromatic rings. The zero-order chi connectivity index (χ0) is 8.55. The third-order valence-corrected chi connectivity index (χ3v) is 2.90. The highest BCUT2D eigenvalue weighted by atomic mass is 14.5. The molecule has 0 spiro atoms. The van der Waals surface area contributed by atoms with Crippen molar-refractivity contribution < 1.29 is 0 Å². The molecule has 0 saturated heterocycles. The Balaban J connectivity index is 2.19. The van der Waals surface area contributed by atoms with Gasteiger partial charge in [-0.2, -0.15) is 0 Å². The molecule has 3 unspecified atom stereocenters. The van der Waals surface area contributed by atoms with E-state index < -0.39 is 0 Å². The van der Waals surface area contributed by atoms with Crippen LogP contribution >= 0.6 is 0 Å². The summed E-state index contributed by atoms with van der Waals surface area (Å²) in [6.07, 6.45) is 2.09. The predicted octanol–water partition coefficient (Wildman–Crippen LogP) is 3.22. The van der Waals surface area contributed by atoms with E-state index >= 15 is 0 Å². The van der Waals surface area contributed by atoms with Gasteiger partial charge in [-0.1, -0.05) is 43.3 Å². The van der Waals surface area contributed by atoms with Gasteiger partial charge in [0.1, 0.15) is 0 Å². The zero-order valence-corrected chi connectivity index (χ0v) is 7.40. The predicted molar refractivity (Wildman–Crippen MR) is 52.0 cm³/mol. The van der Waals surface area contributed by atoms with E-state index in [4.69, 9.17) is 0 Å². The summed E-state index contributed by atoms with van der Waals surface area (Å²) >= 11 is 0. The molecule has 0 radical (unpaired) electrons. The lowest BCUT2D eigenvalue weighted by molar-refractivity contribution is 0.888. The van der Waals surface area contributed by atoms with E-state index in [0.717, 1.165) is 11.8 Å². The van der Waals surface area contributed by atoms with Crippen molar-refractivity contribution in [3.8, 4) is 0 Å². The molecule has 12 heavy (non-hydrogen) atoms. The molecule has 2 rings (SSSR count). The van der Waals surface area contributed by atoms with Crippen LogP contribution in [0, 0.1) is 11.8 Å². The summed E-state index contributed by atoms with van der Waals surface area (Å²) in [7, 11) is 0. The van der Waals surface area contributed by atoms with Crippen LogP contribution in [-0.4, -0.2) is 0 Å². The summed E-state index contributed by atoms with van der Waals surface area (Å²) in [5.74, 6) is 2.25. The highest BCUT2D eigenvalue weighted by Crippen LogP contribution is 2.54. The van der Waals surface area contributed by atoms with Gasteiger partial charge in [-0.3, -0.25) is 0 Å². The third kappa shape index (κ3) is 1.08. The summed E-state index contributed by atoms with van der Waals surface area (Å²) in [5.41, 5.74) is 1.47. The summed E-state index contributed by atoms with van der Waals surface area (Å²) in [6, 6.07) is 10.7. The third-order valence-electron chi connectivity index (χ3n) is 2.90. The summed E-state index contributed by atoms with van der Waals surface area (Å²) in [4.78, 5) is 0. The lowest BCUT2D eigenvalue weighted by Crippen LogP contribution is -1.79. The van der Waals surface area contributed by atoms with Crippen molar-refractivity contribution in [3.05, 3.63) is 48.6 Å². The first-order valence-electron chi connectivity index (χ1n) is 4.52.